The summed E-state index contributed by atoms with van der Waals surface area (Å²) in [6.07, 6.45) is 0. The van der Waals surface area contributed by atoms with E-state index in [4.69, 9.17) is 0 Å². The molecule has 0 atom stereocenters. The number of nitrogens with one attached hydrogen (secondary N) is 1. The van der Waals surface area contributed by atoms with Crippen LogP contribution in [0, 0.1) is 11.6 Å². The van der Waals surface area contributed by atoms with E-state index in [-0.39, 0.29) is 0 Å². The summed E-state index contributed by atoms with van der Waals surface area (Å²) in [6.45, 7) is 7.81. The van der Waals surface area contributed by atoms with E-state index in [1.807, 2.05) is 0 Å². The van der Waals surface area contributed by atoms with E-state index in [1.54, 1.807) is 6.07 Å². The summed E-state index contributed by atoms with van der Waals surface area (Å²) < 4.78 is 25.5. The minimum Gasteiger partial charge on any atom is -0.384 e. The average molecular weight is 228 g/mol. The first-order chi connectivity index (χ1) is 7.67. The first-order valence-corrected chi connectivity index (χ1v) is 5.58. The van der Waals surface area contributed by atoms with E-state index in [0.717, 1.165) is 32.2 Å². The number of anilines is 1. The molecule has 90 valence electrons. The van der Waals surface area contributed by atoms with Crippen molar-refractivity contribution in [3.8, 4) is 0 Å². The van der Waals surface area contributed by atoms with Crippen LogP contribution in [-0.4, -0.2) is 31.1 Å². The third kappa shape index (κ3) is 3.77. The molecule has 1 rings (SSSR count). The Kier molecular flexibility index (Phi) is 5.19. The van der Waals surface area contributed by atoms with Crippen molar-refractivity contribution in [2.24, 2.45) is 0 Å². The van der Waals surface area contributed by atoms with Crippen LogP contribution >= 0.6 is 0 Å². The number of hydrogen-bond acceptors (Lipinski definition) is 2. The Labute approximate surface area is 95.3 Å². The molecule has 0 heterocycles. The van der Waals surface area contributed by atoms with Gasteiger partial charge in [-0.3, -0.25) is 0 Å². The van der Waals surface area contributed by atoms with Crippen LogP contribution in [-0.2, 0) is 0 Å². The molecule has 0 amide bonds. The van der Waals surface area contributed by atoms with Gasteiger partial charge in [-0.2, -0.15) is 0 Å². The molecule has 0 fully saturated rings. The summed E-state index contributed by atoms with van der Waals surface area (Å²) in [4.78, 5) is 2.26. The maximum absolute atomic E-state index is 12.9. The molecule has 2 nitrogen and oxygen atoms in total. The predicted molar refractivity (Wildman–Crippen MR) is 62.6 cm³/mol. The molecule has 0 aromatic heterocycles. The normalized spacial score (nSPS) is 10.8. The van der Waals surface area contributed by atoms with Gasteiger partial charge in [0.1, 0.15) is 0 Å². The molecular formula is C12H18F2N2. The summed E-state index contributed by atoms with van der Waals surface area (Å²) in [5, 5.41) is 3.06. The van der Waals surface area contributed by atoms with Gasteiger partial charge < -0.3 is 10.2 Å². The van der Waals surface area contributed by atoms with Crippen molar-refractivity contribution in [2.75, 3.05) is 31.5 Å². The second kappa shape index (κ2) is 6.43. The molecule has 0 saturated carbocycles. The van der Waals surface area contributed by atoms with E-state index in [9.17, 15) is 8.78 Å². The van der Waals surface area contributed by atoms with Gasteiger partial charge in [0, 0.05) is 18.8 Å². The second-order valence-electron chi connectivity index (χ2n) is 3.58. The summed E-state index contributed by atoms with van der Waals surface area (Å²) in [5.41, 5.74) is 0.617. The largest absolute Gasteiger partial charge is 0.384 e. The summed E-state index contributed by atoms with van der Waals surface area (Å²) >= 11 is 0. The van der Waals surface area contributed by atoms with Crippen molar-refractivity contribution in [2.45, 2.75) is 13.8 Å². The SMILES string of the molecule is CCN(CC)CCNc1ccc(F)c(F)c1. The number of benzene rings is 1. The molecule has 0 bridgehead atoms. The zero-order valence-electron chi connectivity index (χ0n) is 9.76. The molecule has 1 N–H and O–H groups in total. The topological polar surface area (TPSA) is 15.3 Å². The standard InChI is InChI=1S/C12H18F2N2/c1-3-16(4-2)8-7-15-10-5-6-11(13)12(14)9-10/h5-6,9,15H,3-4,7-8H2,1-2H3. The van der Waals surface area contributed by atoms with Crippen LogP contribution in [0.1, 0.15) is 13.8 Å². The Morgan fingerprint density at radius 3 is 2.38 bits per heavy atom. The molecule has 0 radical (unpaired) electrons. The van der Waals surface area contributed by atoms with Gasteiger partial charge in [0.2, 0.25) is 0 Å². The van der Waals surface area contributed by atoms with Gasteiger partial charge in [-0.15, -0.1) is 0 Å². The number of halogens is 2. The smallest absolute Gasteiger partial charge is 0.160 e. The first-order valence-electron chi connectivity index (χ1n) is 5.58. The number of nitrogens with zero attached hydrogens (tertiary/aromatic N) is 1. The van der Waals surface area contributed by atoms with Gasteiger partial charge in [-0.25, -0.2) is 8.78 Å². The van der Waals surface area contributed by atoms with Crippen LogP contribution in [0.15, 0.2) is 18.2 Å². The van der Waals surface area contributed by atoms with Crippen molar-refractivity contribution in [3.63, 3.8) is 0 Å². The summed E-state index contributed by atoms with van der Waals surface area (Å²) in [5.74, 6) is -1.62. The third-order valence-electron chi connectivity index (χ3n) is 2.57. The van der Waals surface area contributed by atoms with Crippen molar-refractivity contribution in [1.82, 2.24) is 4.90 Å². The molecule has 0 aliphatic heterocycles. The van der Waals surface area contributed by atoms with Crippen molar-refractivity contribution in [3.05, 3.63) is 29.8 Å². The molecule has 0 aliphatic rings. The summed E-state index contributed by atoms with van der Waals surface area (Å²) in [6, 6.07) is 3.85. The van der Waals surface area contributed by atoms with E-state index in [2.05, 4.69) is 24.1 Å². The van der Waals surface area contributed by atoms with Crippen LogP contribution in [0.25, 0.3) is 0 Å². The highest BCUT2D eigenvalue weighted by molar-refractivity contribution is 5.43. The number of rotatable bonds is 6. The maximum Gasteiger partial charge on any atom is 0.160 e. The Balaban J connectivity index is 2.40. The van der Waals surface area contributed by atoms with Crippen molar-refractivity contribution in [1.29, 1.82) is 0 Å². The minimum atomic E-state index is -0.812. The fourth-order valence-electron chi connectivity index (χ4n) is 1.50. The third-order valence-corrected chi connectivity index (χ3v) is 2.57. The van der Waals surface area contributed by atoms with Gasteiger partial charge in [-0.1, -0.05) is 13.8 Å². The lowest BCUT2D eigenvalue weighted by Gasteiger charge is -2.18. The lowest BCUT2D eigenvalue weighted by molar-refractivity contribution is 0.316. The molecule has 0 saturated heterocycles. The molecule has 1 aromatic carbocycles. The first kappa shape index (κ1) is 12.9. The highest BCUT2D eigenvalue weighted by atomic mass is 19.2. The lowest BCUT2D eigenvalue weighted by Crippen LogP contribution is -2.28. The molecule has 4 heteroatoms. The minimum absolute atomic E-state index is 0.617. The Hall–Kier alpha value is -1.16. The molecule has 1 aromatic rings. The van der Waals surface area contributed by atoms with E-state index in [1.165, 1.54) is 6.07 Å². The summed E-state index contributed by atoms with van der Waals surface area (Å²) in [7, 11) is 0. The van der Waals surface area contributed by atoms with Crippen LogP contribution in [0.3, 0.4) is 0 Å². The van der Waals surface area contributed by atoms with E-state index in [0.29, 0.717) is 5.69 Å². The molecule has 16 heavy (non-hydrogen) atoms. The average Bonchev–Trinajstić information content (AvgIpc) is 2.29. The van der Waals surface area contributed by atoms with Crippen LogP contribution < -0.4 is 5.32 Å². The monoisotopic (exact) mass is 228 g/mol. The molecular weight excluding hydrogens is 210 g/mol. The fraction of sp³-hybridized carbons (Fsp3) is 0.500. The van der Waals surface area contributed by atoms with Crippen LogP contribution in [0.5, 0.6) is 0 Å². The Bertz CT molecular complexity index is 325. The second-order valence-corrected chi connectivity index (χ2v) is 3.58. The fourth-order valence-corrected chi connectivity index (χ4v) is 1.50. The van der Waals surface area contributed by atoms with Gasteiger partial charge in [0.25, 0.3) is 0 Å². The van der Waals surface area contributed by atoms with Crippen molar-refractivity contribution >= 4 is 5.69 Å². The molecule has 0 unspecified atom stereocenters. The van der Waals surface area contributed by atoms with Gasteiger partial charge in [0.05, 0.1) is 0 Å². The van der Waals surface area contributed by atoms with E-state index < -0.39 is 11.6 Å². The number of likely N-dealkylation sites (N-methyl/N-ethyl adjacent to an activating group) is 1. The van der Waals surface area contributed by atoms with Gasteiger partial charge in [-0.05, 0) is 31.3 Å². The highest BCUT2D eigenvalue weighted by Gasteiger charge is 2.02. The van der Waals surface area contributed by atoms with Crippen LogP contribution in [0.4, 0.5) is 14.5 Å². The van der Waals surface area contributed by atoms with Crippen molar-refractivity contribution < 1.29 is 8.78 Å². The number of hydrogen-bond donors (Lipinski definition) is 1. The predicted octanol–water partition coefficient (Wildman–Crippen LogP) is 2.72. The maximum atomic E-state index is 12.9. The Morgan fingerprint density at radius 2 is 1.81 bits per heavy atom. The van der Waals surface area contributed by atoms with Gasteiger partial charge >= 0.3 is 0 Å². The van der Waals surface area contributed by atoms with E-state index >= 15 is 0 Å². The van der Waals surface area contributed by atoms with Gasteiger partial charge in [0.15, 0.2) is 11.6 Å². The quantitative estimate of drug-likeness (QED) is 0.805. The molecule has 0 spiro atoms. The Morgan fingerprint density at radius 1 is 1.12 bits per heavy atom. The molecule has 0 aliphatic carbocycles. The zero-order valence-corrected chi connectivity index (χ0v) is 9.76. The van der Waals surface area contributed by atoms with Crippen LogP contribution in [0.2, 0.25) is 0 Å². The highest BCUT2D eigenvalue weighted by Crippen LogP contribution is 2.12. The zero-order chi connectivity index (χ0) is 12.0. The lowest BCUT2D eigenvalue weighted by atomic mass is 10.3.